The van der Waals surface area contributed by atoms with Crippen molar-refractivity contribution in [1.29, 1.82) is 0 Å². The average Bonchev–Trinajstić information content (AvgIpc) is 2.05. The van der Waals surface area contributed by atoms with E-state index in [0.717, 1.165) is 10.2 Å². The van der Waals surface area contributed by atoms with E-state index in [4.69, 9.17) is 0 Å². The van der Waals surface area contributed by atoms with Crippen LogP contribution in [-0.4, -0.2) is 23.6 Å². The molecule has 0 radical (unpaired) electrons. The minimum absolute atomic E-state index is 0.433. The lowest BCUT2D eigenvalue weighted by molar-refractivity contribution is 0.590. The van der Waals surface area contributed by atoms with Gasteiger partial charge in [0, 0.05) is 5.69 Å². The smallest absolute Gasteiger partial charge is 0.309 e. The Hall–Kier alpha value is -1.04. The number of nitrogens with zero attached hydrogens (tertiary/aromatic N) is 1. The van der Waals surface area contributed by atoms with Crippen molar-refractivity contribution < 1.29 is 8.42 Å². The molecule has 0 spiro atoms. The van der Waals surface area contributed by atoms with Gasteiger partial charge in [-0.2, -0.15) is 3.97 Å². The summed E-state index contributed by atoms with van der Waals surface area (Å²) in [5, 5.41) is 0. The Labute approximate surface area is 70.1 Å². The summed E-state index contributed by atoms with van der Waals surface area (Å²) in [6, 6.07) is 0. The summed E-state index contributed by atoms with van der Waals surface area (Å²) in [6.45, 7) is 3.23. The maximum absolute atomic E-state index is 11.0. The van der Waals surface area contributed by atoms with Gasteiger partial charge in [0.1, 0.15) is 0 Å². The summed E-state index contributed by atoms with van der Waals surface area (Å²) in [6.07, 6.45) is 0.995. The minimum Gasteiger partial charge on any atom is -0.309 e. The fourth-order valence-corrected chi connectivity index (χ4v) is 1.99. The molecule has 0 amide bonds. The van der Waals surface area contributed by atoms with Crippen molar-refractivity contribution in [3.05, 3.63) is 21.9 Å². The number of imidazole rings is 1. The second-order valence-corrected chi connectivity index (χ2v) is 4.50. The van der Waals surface area contributed by atoms with Crippen LogP contribution in [0.2, 0.25) is 0 Å². The number of aryl methyl sites for hydroxylation is 1. The van der Waals surface area contributed by atoms with E-state index in [1.165, 1.54) is 0 Å². The van der Waals surface area contributed by atoms with Crippen LogP contribution in [0.1, 0.15) is 11.4 Å². The van der Waals surface area contributed by atoms with E-state index in [9.17, 15) is 13.2 Å². The van der Waals surface area contributed by atoms with Crippen LogP contribution < -0.4 is 5.69 Å². The molecule has 1 aromatic heterocycles. The number of hydrogen-bond acceptors (Lipinski definition) is 3. The van der Waals surface area contributed by atoms with E-state index >= 15 is 0 Å². The Morgan fingerprint density at radius 1 is 1.33 bits per heavy atom. The molecule has 1 heterocycles. The number of hydrogen-bond donors (Lipinski definition) is 1. The second kappa shape index (κ2) is 2.48. The van der Waals surface area contributed by atoms with Crippen molar-refractivity contribution in [3.63, 3.8) is 0 Å². The van der Waals surface area contributed by atoms with E-state index < -0.39 is 15.7 Å². The van der Waals surface area contributed by atoms with Gasteiger partial charge < -0.3 is 4.98 Å². The summed E-state index contributed by atoms with van der Waals surface area (Å²) in [5.41, 5.74) is 0.403. The van der Waals surface area contributed by atoms with Gasteiger partial charge in [-0.15, -0.1) is 0 Å². The molecule has 0 bridgehead atoms. The van der Waals surface area contributed by atoms with Gasteiger partial charge in [0.25, 0.3) is 0 Å². The van der Waals surface area contributed by atoms with E-state index in [-0.39, 0.29) is 0 Å². The lowest BCUT2D eigenvalue weighted by Crippen LogP contribution is -2.24. The van der Waals surface area contributed by atoms with Crippen molar-refractivity contribution >= 4 is 10.0 Å². The molecule has 0 saturated heterocycles. The SMILES string of the molecule is Cc1[nH]c(=O)n(S(C)(=O)=O)c1C. The Morgan fingerprint density at radius 3 is 2.00 bits per heavy atom. The molecule has 12 heavy (non-hydrogen) atoms. The number of aromatic amines is 1. The van der Waals surface area contributed by atoms with Gasteiger partial charge in [0.2, 0.25) is 10.0 Å². The molecule has 1 aromatic rings. The largest absolute Gasteiger partial charge is 0.339 e. The van der Waals surface area contributed by atoms with Crippen LogP contribution in [0.25, 0.3) is 0 Å². The van der Waals surface area contributed by atoms with E-state index in [1.54, 1.807) is 13.8 Å². The predicted molar refractivity (Wildman–Crippen MR) is 44.8 cm³/mol. The summed E-state index contributed by atoms with van der Waals surface area (Å²) in [4.78, 5) is 13.4. The van der Waals surface area contributed by atoms with Gasteiger partial charge in [-0.3, -0.25) is 0 Å². The molecule has 0 aliphatic rings. The topological polar surface area (TPSA) is 71.9 Å². The standard InChI is InChI=1S/C6H10N2O3S/c1-4-5(2)8(6(9)7-4)12(3,10)11/h1-3H3,(H,7,9). The van der Waals surface area contributed by atoms with Crippen LogP contribution in [0.5, 0.6) is 0 Å². The highest BCUT2D eigenvalue weighted by Gasteiger charge is 2.14. The van der Waals surface area contributed by atoms with Crippen molar-refractivity contribution in [3.8, 4) is 0 Å². The zero-order chi connectivity index (χ0) is 9.52. The van der Waals surface area contributed by atoms with Crippen molar-refractivity contribution in [2.24, 2.45) is 0 Å². The third-order valence-electron chi connectivity index (χ3n) is 1.66. The molecule has 1 rings (SSSR count). The highest BCUT2D eigenvalue weighted by molar-refractivity contribution is 7.89. The average molecular weight is 190 g/mol. The lowest BCUT2D eigenvalue weighted by Gasteiger charge is -1.98. The molecule has 0 aliphatic heterocycles. The monoisotopic (exact) mass is 190 g/mol. The van der Waals surface area contributed by atoms with Crippen LogP contribution >= 0.6 is 0 Å². The van der Waals surface area contributed by atoms with Gasteiger partial charge >= 0.3 is 5.69 Å². The summed E-state index contributed by atoms with van der Waals surface area (Å²) in [5.74, 6) is 0. The third-order valence-corrected chi connectivity index (χ3v) is 2.76. The van der Waals surface area contributed by atoms with Crippen LogP contribution in [0.4, 0.5) is 0 Å². The number of aromatic nitrogens is 2. The first-order valence-corrected chi connectivity index (χ1v) is 5.17. The van der Waals surface area contributed by atoms with Gasteiger partial charge in [-0.1, -0.05) is 0 Å². The first-order chi connectivity index (χ1) is 5.34. The first kappa shape index (κ1) is 9.05. The van der Waals surface area contributed by atoms with Crippen molar-refractivity contribution in [1.82, 2.24) is 8.96 Å². The number of nitrogens with one attached hydrogen (secondary N) is 1. The van der Waals surface area contributed by atoms with E-state index in [1.807, 2.05) is 0 Å². The van der Waals surface area contributed by atoms with Gasteiger partial charge in [-0.25, -0.2) is 13.2 Å². The predicted octanol–water partition coefficient (Wildman–Crippen LogP) is -0.399. The number of rotatable bonds is 1. The molecule has 68 valence electrons. The Kier molecular flexibility index (Phi) is 1.87. The molecular formula is C6H10N2O3S. The molecule has 5 nitrogen and oxygen atoms in total. The molecular weight excluding hydrogens is 180 g/mol. The molecule has 0 unspecified atom stereocenters. The quantitative estimate of drug-likeness (QED) is 0.655. The fraction of sp³-hybridized carbons (Fsp3) is 0.500. The molecule has 0 saturated carbocycles. The van der Waals surface area contributed by atoms with Crippen LogP contribution in [0.15, 0.2) is 4.79 Å². The van der Waals surface area contributed by atoms with Crippen molar-refractivity contribution in [2.45, 2.75) is 13.8 Å². The van der Waals surface area contributed by atoms with Crippen LogP contribution in [0, 0.1) is 13.8 Å². The van der Waals surface area contributed by atoms with Crippen LogP contribution in [0.3, 0.4) is 0 Å². The summed E-state index contributed by atoms with van der Waals surface area (Å²) < 4.78 is 22.8. The second-order valence-electron chi connectivity index (χ2n) is 2.67. The Balaban J connectivity index is 3.66. The maximum atomic E-state index is 11.0. The Bertz CT molecular complexity index is 452. The Morgan fingerprint density at radius 2 is 1.83 bits per heavy atom. The minimum atomic E-state index is -3.47. The van der Waals surface area contributed by atoms with E-state index in [0.29, 0.717) is 11.4 Å². The maximum Gasteiger partial charge on any atom is 0.339 e. The third kappa shape index (κ3) is 1.29. The van der Waals surface area contributed by atoms with E-state index in [2.05, 4.69) is 4.98 Å². The number of H-pyrrole nitrogens is 1. The normalized spacial score (nSPS) is 11.9. The molecule has 0 atom stereocenters. The lowest BCUT2D eigenvalue weighted by atomic mass is 10.4. The zero-order valence-corrected chi connectivity index (χ0v) is 7.90. The highest BCUT2D eigenvalue weighted by Crippen LogP contribution is 2.01. The fourth-order valence-electron chi connectivity index (χ4n) is 1.01. The van der Waals surface area contributed by atoms with Crippen molar-refractivity contribution in [2.75, 3.05) is 6.26 Å². The molecule has 0 fully saturated rings. The molecule has 6 heteroatoms. The molecule has 0 aliphatic carbocycles. The zero-order valence-electron chi connectivity index (χ0n) is 7.08. The highest BCUT2D eigenvalue weighted by atomic mass is 32.2. The van der Waals surface area contributed by atoms with Crippen LogP contribution in [-0.2, 0) is 10.0 Å². The van der Waals surface area contributed by atoms with Gasteiger partial charge in [0.05, 0.1) is 11.9 Å². The summed E-state index contributed by atoms with van der Waals surface area (Å²) in [7, 11) is -3.47. The first-order valence-electron chi connectivity index (χ1n) is 3.33. The molecule has 1 N–H and O–H groups in total. The summed E-state index contributed by atoms with van der Waals surface area (Å²) >= 11 is 0. The van der Waals surface area contributed by atoms with Gasteiger partial charge in [-0.05, 0) is 13.8 Å². The molecule has 0 aromatic carbocycles. The van der Waals surface area contributed by atoms with Gasteiger partial charge in [0.15, 0.2) is 0 Å².